The molecule has 2 heterocycles. The Morgan fingerprint density at radius 2 is 2.09 bits per heavy atom. The predicted molar refractivity (Wildman–Crippen MR) is 91.0 cm³/mol. The Labute approximate surface area is 137 Å². The second-order valence-electron chi connectivity index (χ2n) is 7.13. The van der Waals surface area contributed by atoms with E-state index in [1.807, 2.05) is 0 Å². The molecule has 1 aliphatic heterocycles. The number of aromatic nitrogens is 1. The van der Waals surface area contributed by atoms with E-state index in [4.69, 9.17) is 0 Å². The molecule has 0 aromatic carbocycles. The molecular formula is C18H24N4O. The molecule has 0 saturated carbocycles. The van der Waals surface area contributed by atoms with Crippen molar-refractivity contribution in [1.82, 2.24) is 15.3 Å². The SMILES string of the molecule is CC1(C)CC(N2CCCC2)=C/C(=N/NC(=O)c2cccnc2)C1. The highest BCUT2D eigenvalue weighted by Crippen LogP contribution is 2.36. The van der Waals surface area contributed by atoms with Crippen molar-refractivity contribution in [1.29, 1.82) is 0 Å². The van der Waals surface area contributed by atoms with Crippen molar-refractivity contribution in [2.45, 2.75) is 39.5 Å². The summed E-state index contributed by atoms with van der Waals surface area (Å²) in [6.07, 6.45) is 9.83. The second-order valence-corrected chi connectivity index (χ2v) is 7.13. The van der Waals surface area contributed by atoms with Crippen molar-refractivity contribution < 1.29 is 4.79 Å². The number of carbonyl (C=O) groups is 1. The minimum Gasteiger partial charge on any atom is -0.375 e. The van der Waals surface area contributed by atoms with Crippen molar-refractivity contribution in [2.24, 2.45) is 10.5 Å². The van der Waals surface area contributed by atoms with Crippen LogP contribution in [0.2, 0.25) is 0 Å². The van der Waals surface area contributed by atoms with Gasteiger partial charge in [0.05, 0.1) is 11.3 Å². The molecule has 1 saturated heterocycles. The number of hydrazone groups is 1. The van der Waals surface area contributed by atoms with Gasteiger partial charge >= 0.3 is 0 Å². The van der Waals surface area contributed by atoms with Crippen LogP contribution in [0.15, 0.2) is 41.4 Å². The number of rotatable bonds is 3. The molecule has 1 aromatic rings. The molecule has 2 aliphatic rings. The van der Waals surface area contributed by atoms with Gasteiger partial charge in [-0.1, -0.05) is 13.8 Å². The smallest absolute Gasteiger partial charge is 0.272 e. The average Bonchev–Trinajstić information content (AvgIpc) is 3.06. The van der Waals surface area contributed by atoms with Crippen LogP contribution in [0.1, 0.15) is 49.9 Å². The third-order valence-electron chi connectivity index (χ3n) is 4.39. The number of amides is 1. The maximum Gasteiger partial charge on any atom is 0.272 e. The summed E-state index contributed by atoms with van der Waals surface area (Å²) in [5.41, 5.74) is 5.66. The topological polar surface area (TPSA) is 57.6 Å². The molecular weight excluding hydrogens is 288 g/mol. The highest BCUT2D eigenvalue weighted by atomic mass is 16.2. The van der Waals surface area contributed by atoms with Crippen LogP contribution in [-0.2, 0) is 0 Å². The first-order valence-corrected chi connectivity index (χ1v) is 8.26. The van der Waals surface area contributed by atoms with Crippen LogP contribution in [0.4, 0.5) is 0 Å². The Morgan fingerprint density at radius 3 is 2.78 bits per heavy atom. The van der Waals surface area contributed by atoms with E-state index in [1.165, 1.54) is 18.5 Å². The van der Waals surface area contributed by atoms with E-state index in [1.54, 1.807) is 24.5 Å². The number of carbonyl (C=O) groups excluding carboxylic acids is 1. The number of nitrogens with one attached hydrogen (secondary N) is 1. The molecule has 0 bridgehead atoms. The molecule has 0 spiro atoms. The molecule has 3 rings (SSSR count). The number of hydrogen-bond acceptors (Lipinski definition) is 4. The third-order valence-corrected chi connectivity index (χ3v) is 4.39. The normalized spacial score (nSPS) is 22.1. The van der Waals surface area contributed by atoms with Crippen molar-refractivity contribution in [3.8, 4) is 0 Å². The maximum absolute atomic E-state index is 12.1. The summed E-state index contributed by atoms with van der Waals surface area (Å²) >= 11 is 0. The van der Waals surface area contributed by atoms with Gasteiger partial charge in [0.15, 0.2) is 0 Å². The van der Waals surface area contributed by atoms with Crippen molar-refractivity contribution in [2.75, 3.05) is 13.1 Å². The molecule has 1 N–H and O–H groups in total. The standard InChI is InChI=1S/C18H24N4O/c1-18(2)11-15(10-16(12-18)22-8-3-4-9-22)20-21-17(23)14-6-5-7-19-13-14/h5-7,10,13H,3-4,8-9,11-12H2,1-2H3,(H,21,23)/b20-15-. The third kappa shape index (κ3) is 3.97. The predicted octanol–water partition coefficient (Wildman–Crippen LogP) is 2.97. The lowest BCUT2D eigenvalue weighted by Gasteiger charge is -2.34. The number of pyridine rings is 1. The molecule has 23 heavy (non-hydrogen) atoms. The molecule has 5 nitrogen and oxygen atoms in total. The van der Waals surface area contributed by atoms with E-state index >= 15 is 0 Å². The van der Waals surface area contributed by atoms with E-state index in [0.717, 1.165) is 31.6 Å². The van der Waals surface area contributed by atoms with Gasteiger partial charge in [0.25, 0.3) is 5.91 Å². The zero-order valence-electron chi connectivity index (χ0n) is 13.9. The van der Waals surface area contributed by atoms with Crippen LogP contribution in [0, 0.1) is 5.41 Å². The van der Waals surface area contributed by atoms with Crippen molar-refractivity contribution in [3.63, 3.8) is 0 Å². The monoisotopic (exact) mass is 312 g/mol. The Morgan fingerprint density at radius 1 is 1.30 bits per heavy atom. The molecule has 1 fully saturated rings. The minimum atomic E-state index is -0.217. The van der Waals surface area contributed by atoms with Gasteiger partial charge in [-0.3, -0.25) is 9.78 Å². The maximum atomic E-state index is 12.1. The molecule has 122 valence electrons. The highest BCUT2D eigenvalue weighted by molar-refractivity contribution is 5.99. The van der Waals surface area contributed by atoms with E-state index in [0.29, 0.717) is 5.56 Å². The Hall–Kier alpha value is -2.17. The Kier molecular flexibility index (Phi) is 4.46. The van der Waals surface area contributed by atoms with Crippen molar-refractivity contribution in [3.05, 3.63) is 41.9 Å². The van der Waals surface area contributed by atoms with E-state index in [9.17, 15) is 4.79 Å². The van der Waals surface area contributed by atoms with Gasteiger partial charge in [0.2, 0.25) is 0 Å². The fraction of sp³-hybridized carbons (Fsp3) is 0.500. The first-order chi connectivity index (χ1) is 11.0. The van der Waals surface area contributed by atoms with Gasteiger partial charge in [-0.15, -0.1) is 0 Å². The van der Waals surface area contributed by atoms with Gasteiger partial charge in [-0.05, 0) is 49.3 Å². The van der Waals surface area contributed by atoms with Gasteiger partial charge in [0, 0.05) is 31.2 Å². The number of nitrogens with zero attached hydrogens (tertiary/aromatic N) is 3. The van der Waals surface area contributed by atoms with Crippen molar-refractivity contribution >= 4 is 11.6 Å². The van der Waals surface area contributed by atoms with E-state index in [-0.39, 0.29) is 11.3 Å². The van der Waals surface area contributed by atoms with Crippen LogP contribution in [0.25, 0.3) is 0 Å². The first-order valence-electron chi connectivity index (χ1n) is 8.26. The fourth-order valence-corrected chi connectivity index (χ4v) is 3.30. The molecule has 1 aliphatic carbocycles. The summed E-state index contributed by atoms with van der Waals surface area (Å²) in [5.74, 6) is -0.217. The number of likely N-dealkylation sites (tertiary alicyclic amines) is 1. The fourth-order valence-electron chi connectivity index (χ4n) is 3.30. The number of allylic oxidation sites excluding steroid dienone is 2. The zero-order valence-corrected chi connectivity index (χ0v) is 13.9. The van der Waals surface area contributed by atoms with Crippen LogP contribution in [0.3, 0.4) is 0 Å². The van der Waals surface area contributed by atoms with Gasteiger partial charge in [-0.25, -0.2) is 5.43 Å². The summed E-state index contributed by atoms with van der Waals surface area (Å²) in [4.78, 5) is 18.5. The van der Waals surface area contributed by atoms with Crippen LogP contribution in [0.5, 0.6) is 0 Å². The minimum absolute atomic E-state index is 0.171. The largest absolute Gasteiger partial charge is 0.375 e. The van der Waals surface area contributed by atoms with E-state index in [2.05, 4.69) is 40.3 Å². The highest BCUT2D eigenvalue weighted by Gasteiger charge is 2.29. The van der Waals surface area contributed by atoms with Crippen LogP contribution in [-0.4, -0.2) is 34.6 Å². The molecule has 0 atom stereocenters. The van der Waals surface area contributed by atoms with Crippen LogP contribution < -0.4 is 5.43 Å². The lowest BCUT2D eigenvalue weighted by atomic mass is 9.78. The summed E-state index contributed by atoms with van der Waals surface area (Å²) in [5, 5.41) is 4.36. The molecule has 0 unspecified atom stereocenters. The van der Waals surface area contributed by atoms with Gasteiger partial charge in [-0.2, -0.15) is 5.10 Å². The molecule has 0 radical (unpaired) electrons. The molecule has 5 heteroatoms. The molecule has 1 aromatic heterocycles. The quantitative estimate of drug-likeness (QED) is 0.873. The summed E-state index contributed by atoms with van der Waals surface area (Å²) < 4.78 is 0. The van der Waals surface area contributed by atoms with E-state index < -0.39 is 0 Å². The first kappa shape index (κ1) is 15.7. The lowest BCUT2D eigenvalue weighted by molar-refractivity contribution is 0.0954. The van der Waals surface area contributed by atoms with Gasteiger partial charge in [0.1, 0.15) is 0 Å². The summed E-state index contributed by atoms with van der Waals surface area (Å²) in [6, 6.07) is 3.48. The van der Waals surface area contributed by atoms with Crippen LogP contribution >= 0.6 is 0 Å². The zero-order chi connectivity index (χ0) is 16.3. The summed E-state index contributed by atoms with van der Waals surface area (Å²) in [6.45, 7) is 6.79. The Balaban J connectivity index is 1.74. The summed E-state index contributed by atoms with van der Waals surface area (Å²) in [7, 11) is 0. The number of hydrogen-bond donors (Lipinski definition) is 1. The Bertz CT molecular complexity index is 628. The second kappa shape index (κ2) is 6.52. The van der Waals surface area contributed by atoms with Gasteiger partial charge < -0.3 is 4.90 Å². The average molecular weight is 312 g/mol. The molecule has 1 amide bonds. The lowest BCUT2D eigenvalue weighted by Crippen LogP contribution is -2.31.